The Kier molecular flexibility index (Phi) is 1.42. The van der Waals surface area contributed by atoms with E-state index in [9.17, 15) is 0 Å². The van der Waals surface area contributed by atoms with Crippen LogP contribution in [0, 0.1) is 0 Å². The first kappa shape index (κ1) is 6.46. The van der Waals surface area contributed by atoms with Gasteiger partial charge in [0.2, 0.25) is 0 Å². The van der Waals surface area contributed by atoms with Gasteiger partial charge < -0.3 is 10.2 Å². The maximum Gasteiger partial charge on any atom is 0.0885 e. The largest absolute Gasteiger partial charge is 0.411 e. The first-order chi connectivity index (χ1) is 5.42. The molecule has 1 aromatic heterocycles. The minimum atomic E-state index is 0.812. The molecular weight excluding hydrogens is 140 g/mol. The second-order valence-electron chi connectivity index (χ2n) is 2.77. The molecule has 0 aliphatic heterocycles. The monoisotopic (exact) mass is 150 g/mol. The summed E-state index contributed by atoms with van der Waals surface area (Å²) in [6.07, 6.45) is 4.93. The van der Waals surface area contributed by atoms with Crippen molar-refractivity contribution in [2.24, 2.45) is 5.16 Å². The van der Waals surface area contributed by atoms with Crippen molar-refractivity contribution in [2.45, 2.75) is 19.3 Å². The van der Waals surface area contributed by atoms with E-state index < -0.39 is 0 Å². The van der Waals surface area contributed by atoms with Gasteiger partial charge in [-0.2, -0.15) is 0 Å². The second kappa shape index (κ2) is 2.42. The Labute approximate surface area is 64.7 Å². The second-order valence-corrected chi connectivity index (χ2v) is 2.77. The normalized spacial score (nSPS) is 20.2. The summed E-state index contributed by atoms with van der Waals surface area (Å²) < 4.78 is 0. The molecule has 58 valence electrons. The lowest BCUT2D eigenvalue weighted by atomic mass is 9.96. The van der Waals surface area contributed by atoms with Crippen LogP contribution in [-0.2, 0) is 6.42 Å². The average Bonchev–Trinajstić information content (AvgIpc) is 2.50. The molecule has 0 aromatic carbocycles. The number of oxime groups is 1. The highest BCUT2D eigenvalue weighted by atomic mass is 16.4. The molecule has 0 bridgehead atoms. The molecule has 3 heteroatoms. The minimum Gasteiger partial charge on any atom is -0.411 e. The number of nitrogens with one attached hydrogen (secondary N) is 1. The maximum absolute atomic E-state index is 8.63. The maximum atomic E-state index is 8.63. The van der Waals surface area contributed by atoms with E-state index in [1.165, 1.54) is 5.69 Å². The van der Waals surface area contributed by atoms with Crippen LogP contribution in [0.2, 0.25) is 0 Å². The quantitative estimate of drug-likeness (QED) is 0.427. The number of fused-ring (bicyclic) bond motifs is 1. The molecule has 0 unspecified atom stereocenters. The number of aryl methyl sites for hydroxylation is 1. The van der Waals surface area contributed by atoms with Gasteiger partial charge in [0.05, 0.1) is 5.71 Å². The van der Waals surface area contributed by atoms with Gasteiger partial charge in [-0.15, -0.1) is 0 Å². The number of aromatic nitrogens is 1. The van der Waals surface area contributed by atoms with Gasteiger partial charge in [0.25, 0.3) is 0 Å². The van der Waals surface area contributed by atoms with Crippen LogP contribution < -0.4 is 0 Å². The zero-order valence-corrected chi connectivity index (χ0v) is 6.17. The first-order valence-corrected chi connectivity index (χ1v) is 3.79. The number of nitrogens with zero attached hydrogens (tertiary/aromatic N) is 1. The van der Waals surface area contributed by atoms with Crippen LogP contribution >= 0.6 is 0 Å². The molecule has 1 aliphatic carbocycles. The molecule has 0 saturated carbocycles. The molecule has 1 aliphatic rings. The topological polar surface area (TPSA) is 48.4 Å². The molecule has 1 aromatic rings. The fourth-order valence-corrected chi connectivity index (χ4v) is 1.55. The summed E-state index contributed by atoms with van der Waals surface area (Å²) >= 11 is 0. The highest BCUT2D eigenvalue weighted by molar-refractivity contribution is 6.02. The number of hydrogen-bond acceptors (Lipinski definition) is 2. The van der Waals surface area contributed by atoms with E-state index in [0.29, 0.717) is 0 Å². The Balaban J connectivity index is 2.48. The van der Waals surface area contributed by atoms with Gasteiger partial charge in [-0.25, -0.2) is 0 Å². The van der Waals surface area contributed by atoms with Gasteiger partial charge in [0, 0.05) is 17.5 Å². The Hall–Kier alpha value is -1.25. The molecule has 2 N–H and O–H groups in total. The summed E-state index contributed by atoms with van der Waals surface area (Å²) in [6.45, 7) is 0. The van der Waals surface area contributed by atoms with Crippen LogP contribution in [-0.4, -0.2) is 15.9 Å². The predicted octanol–water partition coefficient (Wildman–Crippen LogP) is 1.53. The van der Waals surface area contributed by atoms with Crippen molar-refractivity contribution in [2.75, 3.05) is 0 Å². The van der Waals surface area contributed by atoms with E-state index in [2.05, 4.69) is 10.1 Å². The van der Waals surface area contributed by atoms with Crippen LogP contribution in [0.25, 0.3) is 0 Å². The van der Waals surface area contributed by atoms with Crippen molar-refractivity contribution in [1.29, 1.82) is 0 Å². The third-order valence-electron chi connectivity index (χ3n) is 2.10. The summed E-state index contributed by atoms with van der Waals surface area (Å²) in [5.74, 6) is 0. The number of aromatic amines is 1. The summed E-state index contributed by atoms with van der Waals surface area (Å²) in [4.78, 5) is 3.13. The van der Waals surface area contributed by atoms with Crippen LogP contribution in [0.15, 0.2) is 17.4 Å². The minimum absolute atomic E-state index is 0.812. The average molecular weight is 150 g/mol. The van der Waals surface area contributed by atoms with Gasteiger partial charge in [0.15, 0.2) is 0 Å². The van der Waals surface area contributed by atoms with Crippen molar-refractivity contribution >= 4 is 5.71 Å². The summed E-state index contributed by atoms with van der Waals surface area (Å²) in [6, 6.07) is 1.96. The zero-order chi connectivity index (χ0) is 7.68. The van der Waals surface area contributed by atoms with Gasteiger partial charge in [-0.3, -0.25) is 0 Å². The third kappa shape index (κ3) is 0.926. The summed E-state index contributed by atoms with van der Waals surface area (Å²) in [5.41, 5.74) is 3.09. The molecule has 0 spiro atoms. The Morgan fingerprint density at radius 1 is 1.45 bits per heavy atom. The molecule has 0 atom stereocenters. The molecule has 11 heavy (non-hydrogen) atoms. The van der Waals surface area contributed by atoms with Crippen molar-refractivity contribution in [1.82, 2.24) is 4.98 Å². The molecule has 2 rings (SSSR count). The molecular formula is C8H10N2O. The van der Waals surface area contributed by atoms with Gasteiger partial charge in [0.1, 0.15) is 0 Å². The first-order valence-electron chi connectivity index (χ1n) is 3.79. The zero-order valence-electron chi connectivity index (χ0n) is 6.17. The van der Waals surface area contributed by atoms with E-state index in [1.807, 2.05) is 12.3 Å². The fraction of sp³-hybridized carbons (Fsp3) is 0.375. The Bertz CT molecular complexity index is 288. The van der Waals surface area contributed by atoms with Gasteiger partial charge >= 0.3 is 0 Å². The van der Waals surface area contributed by atoms with Crippen molar-refractivity contribution in [3.63, 3.8) is 0 Å². The lowest BCUT2D eigenvalue weighted by Crippen LogP contribution is -2.10. The van der Waals surface area contributed by atoms with Crippen molar-refractivity contribution < 1.29 is 5.21 Å². The van der Waals surface area contributed by atoms with E-state index in [0.717, 1.165) is 30.5 Å². The Morgan fingerprint density at radius 2 is 2.36 bits per heavy atom. The highest BCUT2D eigenvalue weighted by Gasteiger charge is 2.15. The SMILES string of the molecule is O/N=C1\CCCc2[nH]ccc21. The van der Waals surface area contributed by atoms with Gasteiger partial charge in [-0.1, -0.05) is 5.16 Å². The molecule has 0 fully saturated rings. The van der Waals surface area contributed by atoms with Crippen LogP contribution in [0.4, 0.5) is 0 Å². The summed E-state index contributed by atoms with van der Waals surface area (Å²) in [5, 5.41) is 11.9. The smallest absolute Gasteiger partial charge is 0.0885 e. The highest BCUT2D eigenvalue weighted by Crippen LogP contribution is 2.19. The number of rotatable bonds is 0. The van der Waals surface area contributed by atoms with Crippen LogP contribution in [0.1, 0.15) is 24.1 Å². The van der Waals surface area contributed by atoms with Crippen molar-refractivity contribution in [3.8, 4) is 0 Å². The van der Waals surface area contributed by atoms with E-state index in [-0.39, 0.29) is 0 Å². The lowest BCUT2D eigenvalue weighted by Gasteiger charge is -2.11. The van der Waals surface area contributed by atoms with Gasteiger partial charge in [-0.05, 0) is 25.3 Å². The Morgan fingerprint density at radius 3 is 3.18 bits per heavy atom. The van der Waals surface area contributed by atoms with E-state index in [1.54, 1.807) is 0 Å². The number of hydrogen-bond donors (Lipinski definition) is 2. The molecule has 1 heterocycles. The molecule has 3 nitrogen and oxygen atoms in total. The molecule has 0 radical (unpaired) electrons. The summed E-state index contributed by atoms with van der Waals surface area (Å²) in [7, 11) is 0. The molecule has 0 amide bonds. The van der Waals surface area contributed by atoms with Crippen molar-refractivity contribution in [3.05, 3.63) is 23.5 Å². The van der Waals surface area contributed by atoms with Crippen LogP contribution in [0.3, 0.4) is 0 Å². The lowest BCUT2D eigenvalue weighted by molar-refractivity contribution is 0.317. The van der Waals surface area contributed by atoms with Crippen LogP contribution in [0.5, 0.6) is 0 Å². The number of H-pyrrole nitrogens is 1. The van der Waals surface area contributed by atoms with E-state index >= 15 is 0 Å². The molecule has 0 saturated heterocycles. The third-order valence-corrected chi connectivity index (χ3v) is 2.10. The van der Waals surface area contributed by atoms with E-state index in [4.69, 9.17) is 5.21 Å². The predicted molar refractivity (Wildman–Crippen MR) is 42.1 cm³/mol. The fourth-order valence-electron chi connectivity index (χ4n) is 1.55. The standard InChI is InChI=1S/C8H10N2O/c11-10-8-3-1-2-7-6(8)4-5-9-7/h4-5,9,11H,1-3H2/b10-8+.